The van der Waals surface area contributed by atoms with E-state index in [2.05, 4.69) is 20.4 Å². The summed E-state index contributed by atoms with van der Waals surface area (Å²) in [6.07, 6.45) is 4.86. The Kier molecular flexibility index (Phi) is 4.99. The SMILES string of the molecule is O=C(Nc1ccc(Oc2cc(-n3cccn3)ncn2)cc1)c1ccc(Cl)cc1. The number of rotatable bonds is 5. The molecule has 0 bridgehead atoms. The molecule has 0 radical (unpaired) electrons. The van der Waals surface area contributed by atoms with Gasteiger partial charge in [-0.2, -0.15) is 5.10 Å². The van der Waals surface area contributed by atoms with Crippen molar-refractivity contribution in [2.75, 3.05) is 5.32 Å². The second-order valence-corrected chi connectivity index (χ2v) is 6.19. The molecule has 7 nitrogen and oxygen atoms in total. The smallest absolute Gasteiger partial charge is 0.255 e. The molecule has 0 spiro atoms. The molecular weight excluding hydrogens is 378 g/mol. The Hall–Kier alpha value is -3.71. The van der Waals surface area contributed by atoms with Gasteiger partial charge in [0.15, 0.2) is 5.82 Å². The van der Waals surface area contributed by atoms with Crippen molar-refractivity contribution in [3.8, 4) is 17.4 Å². The molecule has 4 aromatic rings. The van der Waals surface area contributed by atoms with Crippen molar-refractivity contribution in [2.24, 2.45) is 0 Å². The molecule has 4 rings (SSSR count). The van der Waals surface area contributed by atoms with E-state index < -0.39 is 0 Å². The molecule has 2 aromatic carbocycles. The first-order valence-corrected chi connectivity index (χ1v) is 8.72. The lowest BCUT2D eigenvalue weighted by molar-refractivity contribution is 0.102. The first-order chi connectivity index (χ1) is 13.7. The van der Waals surface area contributed by atoms with Crippen LogP contribution in [-0.4, -0.2) is 25.7 Å². The Morgan fingerprint density at radius 3 is 2.54 bits per heavy atom. The van der Waals surface area contributed by atoms with Crippen LogP contribution in [0.3, 0.4) is 0 Å². The van der Waals surface area contributed by atoms with Crippen LogP contribution >= 0.6 is 11.6 Å². The zero-order chi connectivity index (χ0) is 19.3. The quantitative estimate of drug-likeness (QED) is 0.546. The van der Waals surface area contributed by atoms with Gasteiger partial charge in [-0.25, -0.2) is 14.6 Å². The molecule has 138 valence electrons. The monoisotopic (exact) mass is 391 g/mol. The van der Waals surface area contributed by atoms with Crippen molar-refractivity contribution in [1.29, 1.82) is 0 Å². The van der Waals surface area contributed by atoms with Crippen LogP contribution in [0.1, 0.15) is 10.4 Å². The molecule has 2 heterocycles. The predicted octanol–water partition coefficient (Wildman–Crippen LogP) is 4.36. The van der Waals surface area contributed by atoms with Crippen LogP contribution in [0.2, 0.25) is 5.02 Å². The molecule has 28 heavy (non-hydrogen) atoms. The van der Waals surface area contributed by atoms with Crippen LogP contribution in [0.4, 0.5) is 5.69 Å². The number of amides is 1. The van der Waals surface area contributed by atoms with Gasteiger partial charge in [-0.05, 0) is 54.6 Å². The van der Waals surface area contributed by atoms with Crippen LogP contribution in [0.5, 0.6) is 11.6 Å². The summed E-state index contributed by atoms with van der Waals surface area (Å²) in [5.41, 5.74) is 1.17. The number of nitrogens with zero attached hydrogens (tertiary/aromatic N) is 4. The maximum Gasteiger partial charge on any atom is 0.255 e. The van der Waals surface area contributed by atoms with E-state index in [0.29, 0.717) is 33.7 Å². The van der Waals surface area contributed by atoms with E-state index in [1.165, 1.54) is 6.33 Å². The number of halogens is 1. The highest BCUT2D eigenvalue weighted by molar-refractivity contribution is 6.30. The van der Waals surface area contributed by atoms with Crippen molar-refractivity contribution in [1.82, 2.24) is 19.7 Å². The van der Waals surface area contributed by atoms with Crippen LogP contribution < -0.4 is 10.1 Å². The van der Waals surface area contributed by atoms with Gasteiger partial charge in [-0.1, -0.05) is 11.6 Å². The van der Waals surface area contributed by atoms with Crippen molar-refractivity contribution < 1.29 is 9.53 Å². The van der Waals surface area contributed by atoms with Gasteiger partial charge in [-0.3, -0.25) is 4.79 Å². The first kappa shape index (κ1) is 17.7. The van der Waals surface area contributed by atoms with Gasteiger partial charge >= 0.3 is 0 Å². The van der Waals surface area contributed by atoms with Crippen molar-refractivity contribution in [2.45, 2.75) is 0 Å². The third-order valence-corrected chi connectivity index (χ3v) is 4.06. The maximum atomic E-state index is 12.2. The van der Waals surface area contributed by atoms with Gasteiger partial charge in [0.25, 0.3) is 5.91 Å². The zero-order valence-electron chi connectivity index (χ0n) is 14.5. The van der Waals surface area contributed by atoms with E-state index in [-0.39, 0.29) is 5.91 Å². The van der Waals surface area contributed by atoms with E-state index in [4.69, 9.17) is 16.3 Å². The van der Waals surface area contributed by atoms with Crippen LogP contribution in [-0.2, 0) is 0 Å². The summed E-state index contributed by atoms with van der Waals surface area (Å²) < 4.78 is 7.37. The highest BCUT2D eigenvalue weighted by Crippen LogP contribution is 2.22. The summed E-state index contributed by atoms with van der Waals surface area (Å²) in [5.74, 6) is 1.35. The minimum Gasteiger partial charge on any atom is -0.439 e. The molecule has 0 saturated heterocycles. The fraction of sp³-hybridized carbons (Fsp3) is 0. The Morgan fingerprint density at radius 2 is 1.82 bits per heavy atom. The van der Waals surface area contributed by atoms with Gasteiger partial charge in [-0.15, -0.1) is 0 Å². The van der Waals surface area contributed by atoms with Crippen molar-refractivity contribution in [3.63, 3.8) is 0 Å². The minimum atomic E-state index is -0.218. The number of hydrogen-bond acceptors (Lipinski definition) is 5. The van der Waals surface area contributed by atoms with Gasteiger partial charge in [0.1, 0.15) is 12.1 Å². The molecule has 0 atom stereocenters. The number of nitrogens with one attached hydrogen (secondary N) is 1. The summed E-state index contributed by atoms with van der Waals surface area (Å²) in [6, 6.07) is 17.2. The molecule has 0 aliphatic heterocycles. The van der Waals surface area contributed by atoms with Gasteiger partial charge < -0.3 is 10.1 Å². The van der Waals surface area contributed by atoms with E-state index in [9.17, 15) is 4.79 Å². The van der Waals surface area contributed by atoms with Crippen LogP contribution in [0, 0.1) is 0 Å². The Bertz CT molecular complexity index is 1080. The highest BCUT2D eigenvalue weighted by Gasteiger charge is 2.07. The molecular formula is C20H14ClN5O2. The number of anilines is 1. The Labute approximate surface area is 165 Å². The van der Waals surface area contributed by atoms with E-state index >= 15 is 0 Å². The number of ether oxygens (including phenoxy) is 1. The molecule has 0 unspecified atom stereocenters. The third kappa shape index (κ3) is 4.16. The molecule has 2 aromatic heterocycles. The lowest BCUT2D eigenvalue weighted by Crippen LogP contribution is -2.11. The van der Waals surface area contributed by atoms with E-state index in [1.807, 2.05) is 0 Å². The second-order valence-electron chi connectivity index (χ2n) is 5.75. The Morgan fingerprint density at radius 1 is 1.04 bits per heavy atom. The van der Waals surface area contributed by atoms with Crippen molar-refractivity contribution >= 4 is 23.2 Å². The standard InChI is InChI=1S/C20H14ClN5O2/c21-15-4-2-14(3-5-15)20(27)25-16-6-8-17(9-7-16)28-19-12-18(22-13-23-19)26-11-1-10-24-26/h1-13H,(H,25,27). The number of carbonyl (C=O) groups is 1. The summed E-state index contributed by atoms with van der Waals surface area (Å²) in [7, 11) is 0. The largest absolute Gasteiger partial charge is 0.439 e. The summed E-state index contributed by atoms with van der Waals surface area (Å²) in [4.78, 5) is 20.5. The normalized spacial score (nSPS) is 10.5. The lowest BCUT2D eigenvalue weighted by Gasteiger charge is -2.08. The van der Waals surface area contributed by atoms with Crippen molar-refractivity contribution in [3.05, 3.63) is 90.0 Å². The van der Waals surface area contributed by atoms with Crippen LogP contribution in [0.15, 0.2) is 79.4 Å². The fourth-order valence-corrected chi connectivity index (χ4v) is 2.57. The lowest BCUT2D eigenvalue weighted by atomic mass is 10.2. The molecule has 0 aliphatic carbocycles. The minimum absolute atomic E-state index is 0.218. The van der Waals surface area contributed by atoms with Gasteiger partial charge in [0.2, 0.25) is 5.88 Å². The molecule has 0 saturated carbocycles. The summed E-state index contributed by atoms with van der Waals surface area (Å²) >= 11 is 5.84. The number of hydrogen-bond donors (Lipinski definition) is 1. The van der Waals surface area contributed by atoms with E-state index in [0.717, 1.165) is 0 Å². The average Bonchev–Trinajstić information content (AvgIpc) is 3.25. The molecule has 1 N–H and O–H groups in total. The fourth-order valence-electron chi connectivity index (χ4n) is 2.45. The number of carbonyl (C=O) groups excluding carboxylic acids is 1. The third-order valence-electron chi connectivity index (χ3n) is 3.81. The topological polar surface area (TPSA) is 81.9 Å². The van der Waals surface area contributed by atoms with Crippen LogP contribution in [0.25, 0.3) is 5.82 Å². The molecule has 0 fully saturated rings. The summed E-state index contributed by atoms with van der Waals surface area (Å²) in [6.45, 7) is 0. The average molecular weight is 392 g/mol. The highest BCUT2D eigenvalue weighted by atomic mass is 35.5. The molecule has 1 amide bonds. The number of aromatic nitrogens is 4. The zero-order valence-corrected chi connectivity index (χ0v) is 15.2. The molecule has 0 aliphatic rings. The number of benzene rings is 2. The van der Waals surface area contributed by atoms with E-state index in [1.54, 1.807) is 77.7 Å². The van der Waals surface area contributed by atoms with Gasteiger partial charge in [0, 0.05) is 34.7 Å². The first-order valence-electron chi connectivity index (χ1n) is 8.34. The summed E-state index contributed by atoms with van der Waals surface area (Å²) in [5, 5.41) is 7.53. The van der Waals surface area contributed by atoms with Gasteiger partial charge in [0.05, 0.1) is 0 Å². The Balaban J connectivity index is 1.43. The molecule has 8 heteroatoms. The second kappa shape index (κ2) is 7.89. The predicted molar refractivity (Wildman–Crippen MR) is 105 cm³/mol. The maximum absolute atomic E-state index is 12.2.